The molecule has 1 N–H and O–H groups in total. The van der Waals surface area contributed by atoms with E-state index in [0.717, 1.165) is 47.0 Å². The van der Waals surface area contributed by atoms with Gasteiger partial charge in [0.1, 0.15) is 5.75 Å². The largest absolute Gasteiger partial charge is 0.507 e. The molecule has 35 heavy (non-hydrogen) atoms. The number of nitrogens with zero attached hydrogens (tertiary/aromatic N) is 2. The minimum Gasteiger partial charge on any atom is -0.507 e. The highest BCUT2D eigenvalue weighted by molar-refractivity contribution is 6.11. The van der Waals surface area contributed by atoms with Crippen LogP contribution in [-0.2, 0) is 0 Å². The van der Waals surface area contributed by atoms with E-state index in [9.17, 15) is 5.11 Å². The molecule has 1 heterocycles. The molecule has 1 fully saturated rings. The Bertz CT molecular complexity index is 1560. The number of aryl methyl sites for hydroxylation is 3. The first-order valence-electron chi connectivity index (χ1n) is 12.3. The zero-order valence-corrected chi connectivity index (χ0v) is 20.5. The highest BCUT2D eigenvalue weighted by Crippen LogP contribution is 2.46. The molecule has 0 atom stereocenters. The van der Waals surface area contributed by atoms with Gasteiger partial charge in [-0.3, -0.25) is 0 Å². The van der Waals surface area contributed by atoms with Crippen LogP contribution in [0.4, 0.5) is 11.4 Å². The summed E-state index contributed by atoms with van der Waals surface area (Å²) in [7, 11) is 0. The smallest absolute Gasteiger partial charge is 0.124 e. The number of hydrogen-bond acceptors (Lipinski definition) is 3. The van der Waals surface area contributed by atoms with Crippen molar-refractivity contribution >= 4 is 32.9 Å². The summed E-state index contributed by atoms with van der Waals surface area (Å²) in [5.74, 6) is 0.322. The van der Waals surface area contributed by atoms with Crippen molar-refractivity contribution < 1.29 is 5.11 Å². The summed E-state index contributed by atoms with van der Waals surface area (Å²) in [5, 5.41) is 15.7. The maximum Gasteiger partial charge on any atom is 0.124 e. The van der Waals surface area contributed by atoms with Crippen LogP contribution in [0.2, 0.25) is 0 Å². The van der Waals surface area contributed by atoms with Crippen LogP contribution in [0.1, 0.15) is 16.7 Å². The lowest BCUT2D eigenvalue weighted by Gasteiger charge is -2.27. The van der Waals surface area contributed by atoms with E-state index in [1.54, 1.807) is 0 Å². The Morgan fingerprint density at radius 1 is 0.629 bits per heavy atom. The number of phenolic OH excluding ortho intramolecular Hbond substituents is 1. The third-order valence-electron chi connectivity index (χ3n) is 7.34. The van der Waals surface area contributed by atoms with Gasteiger partial charge >= 0.3 is 0 Å². The highest BCUT2D eigenvalue weighted by atomic mass is 16.3. The zero-order chi connectivity index (χ0) is 24.1. The van der Waals surface area contributed by atoms with E-state index in [1.807, 2.05) is 12.1 Å². The Labute approximate surface area is 206 Å². The van der Waals surface area contributed by atoms with Crippen LogP contribution < -0.4 is 9.80 Å². The van der Waals surface area contributed by atoms with Crippen molar-refractivity contribution in [1.29, 1.82) is 0 Å². The molecule has 0 saturated carbocycles. The second-order valence-electron chi connectivity index (χ2n) is 9.78. The van der Waals surface area contributed by atoms with Gasteiger partial charge in [0, 0.05) is 35.6 Å². The summed E-state index contributed by atoms with van der Waals surface area (Å²) < 4.78 is 0. The summed E-state index contributed by atoms with van der Waals surface area (Å²) in [4.78, 5) is 4.95. The van der Waals surface area contributed by atoms with Gasteiger partial charge in [0.2, 0.25) is 0 Å². The first kappa shape index (κ1) is 21.5. The van der Waals surface area contributed by atoms with Gasteiger partial charge < -0.3 is 14.9 Å². The Morgan fingerprint density at radius 2 is 1.20 bits per heavy atom. The molecule has 174 valence electrons. The molecule has 0 aromatic heterocycles. The SMILES string of the molecule is Cc1cc(C)c(N2CCN(c3ccc4ccccc4c3-c3c(O)ccc4ccccc34)C2)c(C)c1. The number of aromatic hydroxyl groups is 1. The van der Waals surface area contributed by atoms with Gasteiger partial charge in [0.15, 0.2) is 0 Å². The number of anilines is 2. The van der Waals surface area contributed by atoms with Gasteiger partial charge in [-0.05, 0) is 65.6 Å². The molecule has 0 aliphatic carbocycles. The fourth-order valence-electron chi connectivity index (χ4n) is 5.95. The van der Waals surface area contributed by atoms with Crippen LogP contribution in [0, 0.1) is 20.8 Å². The third-order valence-corrected chi connectivity index (χ3v) is 7.34. The first-order valence-corrected chi connectivity index (χ1v) is 12.3. The van der Waals surface area contributed by atoms with Crippen molar-refractivity contribution in [2.45, 2.75) is 20.8 Å². The zero-order valence-electron chi connectivity index (χ0n) is 20.5. The van der Waals surface area contributed by atoms with Crippen molar-refractivity contribution in [1.82, 2.24) is 0 Å². The molecule has 1 aliphatic heterocycles. The highest BCUT2D eigenvalue weighted by Gasteiger charge is 2.27. The molecular formula is C32H30N2O. The van der Waals surface area contributed by atoms with Gasteiger partial charge in [0.25, 0.3) is 0 Å². The lowest BCUT2D eigenvalue weighted by Crippen LogP contribution is -2.26. The molecule has 3 heteroatoms. The predicted octanol–water partition coefficient (Wildman–Crippen LogP) is 7.57. The molecule has 0 radical (unpaired) electrons. The van der Waals surface area contributed by atoms with E-state index < -0.39 is 0 Å². The number of fused-ring (bicyclic) bond motifs is 2. The van der Waals surface area contributed by atoms with Crippen LogP contribution in [0.25, 0.3) is 32.7 Å². The lowest BCUT2D eigenvalue weighted by atomic mass is 9.91. The van der Waals surface area contributed by atoms with Crippen molar-refractivity contribution in [3.05, 3.63) is 102 Å². The van der Waals surface area contributed by atoms with E-state index in [-0.39, 0.29) is 0 Å². The molecular weight excluding hydrogens is 428 g/mol. The average Bonchev–Trinajstić information content (AvgIpc) is 3.32. The summed E-state index contributed by atoms with van der Waals surface area (Å²) >= 11 is 0. The number of hydrogen-bond donors (Lipinski definition) is 1. The molecule has 5 aromatic rings. The van der Waals surface area contributed by atoms with E-state index in [4.69, 9.17) is 0 Å². The molecule has 0 unspecified atom stereocenters. The van der Waals surface area contributed by atoms with E-state index >= 15 is 0 Å². The van der Waals surface area contributed by atoms with Crippen molar-refractivity contribution in [3.63, 3.8) is 0 Å². The van der Waals surface area contributed by atoms with Gasteiger partial charge in [-0.15, -0.1) is 0 Å². The average molecular weight is 459 g/mol. The maximum atomic E-state index is 11.2. The standard InChI is InChI=1S/C32H30N2O/c1-21-18-22(2)32(23(3)19-21)34-17-16-33(20-34)28-14-12-24-8-4-6-10-26(24)30(28)31-27-11-7-5-9-25(27)13-15-29(31)35/h4-15,18-19,35H,16-17,20H2,1-3H3. The van der Waals surface area contributed by atoms with Gasteiger partial charge in [0.05, 0.1) is 6.67 Å². The molecule has 1 saturated heterocycles. The van der Waals surface area contributed by atoms with E-state index in [2.05, 4.69) is 103 Å². The molecule has 6 rings (SSSR count). The molecule has 1 aliphatic rings. The number of rotatable bonds is 3. The Balaban J connectivity index is 1.53. The second-order valence-corrected chi connectivity index (χ2v) is 9.78. The van der Waals surface area contributed by atoms with Crippen LogP contribution in [0.15, 0.2) is 84.9 Å². The Morgan fingerprint density at radius 3 is 1.89 bits per heavy atom. The van der Waals surface area contributed by atoms with Crippen LogP contribution in [-0.4, -0.2) is 24.9 Å². The van der Waals surface area contributed by atoms with Gasteiger partial charge in [-0.25, -0.2) is 0 Å². The fraction of sp³-hybridized carbons (Fsp3) is 0.188. The van der Waals surface area contributed by atoms with Crippen molar-refractivity contribution in [2.75, 3.05) is 29.6 Å². The van der Waals surface area contributed by atoms with E-state index in [1.165, 1.54) is 33.5 Å². The maximum absolute atomic E-state index is 11.2. The topological polar surface area (TPSA) is 26.7 Å². The summed E-state index contributed by atoms with van der Waals surface area (Å²) in [6.07, 6.45) is 0. The van der Waals surface area contributed by atoms with Gasteiger partial charge in [-0.1, -0.05) is 78.4 Å². The first-order chi connectivity index (χ1) is 17.0. The van der Waals surface area contributed by atoms with Crippen LogP contribution in [0.5, 0.6) is 5.75 Å². The molecule has 0 bridgehead atoms. The number of benzene rings is 5. The third kappa shape index (κ3) is 3.59. The second kappa shape index (κ2) is 8.35. The fourth-order valence-corrected chi connectivity index (χ4v) is 5.95. The summed E-state index contributed by atoms with van der Waals surface area (Å²) in [6.45, 7) is 9.32. The number of phenols is 1. The summed E-state index contributed by atoms with van der Waals surface area (Å²) in [6, 6.07) is 29.7. The molecule has 0 spiro atoms. The Hall–Kier alpha value is -3.98. The van der Waals surface area contributed by atoms with Crippen LogP contribution in [0.3, 0.4) is 0 Å². The lowest BCUT2D eigenvalue weighted by molar-refractivity contribution is 0.478. The monoisotopic (exact) mass is 458 g/mol. The minimum atomic E-state index is 0.322. The van der Waals surface area contributed by atoms with Crippen LogP contribution >= 0.6 is 0 Å². The quantitative estimate of drug-likeness (QED) is 0.302. The van der Waals surface area contributed by atoms with Crippen molar-refractivity contribution in [3.8, 4) is 16.9 Å². The minimum absolute atomic E-state index is 0.322. The predicted molar refractivity (Wildman–Crippen MR) is 149 cm³/mol. The van der Waals surface area contributed by atoms with Gasteiger partial charge in [-0.2, -0.15) is 0 Å². The van der Waals surface area contributed by atoms with Crippen molar-refractivity contribution in [2.24, 2.45) is 0 Å². The molecule has 3 nitrogen and oxygen atoms in total. The summed E-state index contributed by atoms with van der Waals surface area (Å²) in [5.41, 5.74) is 8.49. The Kier molecular flexibility index (Phi) is 5.14. The molecule has 0 amide bonds. The normalized spacial score (nSPS) is 13.8. The van der Waals surface area contributed by atoms with E-state index in [0.29, 0.717) is 5.75 Å². The molecule has 5 aromatic carbocycles.